The molecule has 0 fully saturated rings. The summed E-state index contributed by atoms with van der Waals surface area (Å²) in [4.78, 5) is 19.3. The van der Waals surface area contributed by atoms with Crippen LogP contribution in [0.25, 0.3) is 0 Å². The van der Waals surface area contributed by atoms with E-state index in [4.69, 9.17) is 11.5 Å². The number of nitrogens with two attached hydrogens (primary N) is 2. The Morgan fingerprint density at radius 3 is 2.58 bits per heavy atom. The molecule has 0 saturated heterocycles. The van der Waals surface area contributed by atoms with Gasteiger partial charge in [-0.2, -0.15) is 5.10 Å². The highest BCUT2D eigenvalue weighted by molar-refractivity contribution is 5.99. The quantitative estimate of drug-likeness (QED) is 0.417. The van der Waals surface area contributed by atoms with E-state index in [0.29, 0.717) is 16.8 Å². The van der Waals surface area contributed by atoms with Crippen molar-refractivity contribution in [2.45, 2.75) is 0 Å². The standard InChI is InChI=1S/C12H12N6O/c13-10-4-2-1-3-9(10)11(19)18-17-7-8-5-15-12(14)16-6-8/h1-7H,13H2,(H,18,19)(H2,14,15,16)/b17-7-. The number of nitrogens with one attached hydrogen (secondary N) is 1. The molecule has 0 aliphatic rings. The fourth-order valence-corrected chi connectivity index (χ4v) is 1.34. The molecule has 0 unspecified atom stereocenters. The first kappa shape index (κ1) is 12.5. The van der Waals surface area contributed by atoms with Crippen molar-refractivity contribution in [2.75, 3.05) is 11.5 Å². The number of carbonyl (C=O) groups is 1. The topological polar surface area (TPSA) is 119 Å². The summed E-state index contributed by atoms with van der Waals surface area (Å²) >= 11 is 0. The SMILES string of the molecule is Nc1ncc(/C=N\NC(=O)c2ccccc2N)cn1. The van der Waals surface area contributed by atoms with E-state index in [9.17, 15) is 4.79 Å². The van der Waals surface area contributed by atoms with Crippen LogP contribution in [0, 0.1) is 0 Å². The van der Waals surface area contributed by atoms with Crippen LogP contribution in [0.4, 0.5) is 11.6 Å². The molecule has 0 aliphatic carbocycles. The Morgan fingerprint density at radius 1 is 1.21 bits per heavy atom. The predicted octanol–water partition coefficient (Wildman–Crippen LogP) is 0.405. The Balaban J connectivity index is 2.01. The average Bonchev–Trinajstić information content (AvgIpc) is 2.41. The van der Waals surface area contributed by atoms with Crippen LogP contribution in [0.2, 0.25) is 0 Å². The normalized spacial score (nSPS) is 10.5. The largest absolute Gasteiger partial charge is 0.398 e. The van der Waals surface area contributed by atoms with Crippen molar-refractivity contribution in [3.05, 3.63) is 47.8 Å². The van der Waals surface area contributed by atoms with Crippen LogP contribution in [0.1, 0.15) is 15.9 Å². The van der Waals surface area contributed by atoms with Crippen LogP contribution in [0.3, 0.4) is 0 Å². The van der Waals surface area contributed by atoms with Crippen LogP contribution in [0.15, 0.2) is 41.8 Å². The number of hydrazone groups is 1. The molecular weight excluding hydrogens is 244 g/mol. The first-order valence-electron chi connectivity index (χ1n) is 5.42. The number of anilines is 2. The number of carbonyl (C=O) groups excluding carboxylic acids is 1. The lowest BCUT2D eigenvalue weighted by molar-refractivity contribution is 0.0956. The lowest BCUT2D eigenvalue weighted by atomic mass is 10.2. The van der Waals surface area contributed by atoms with E-state index in [-0.39, 0.29) is 11.9 Å². The summed E-state index contributed by atoms with van der Waals surface area (Å²) in [5.41, 5.74) is 14.8. The number of aromatic nitrogens is 2. The van der Waals surface area contributed by atoms with Gasteiger partial charge in [0.25, 0.3) is 5.91 Å². The number of hydrogen-bond acceptors (Lipinski definition) is 6. The molecule has 2 aromatic rings. The van der Waals surface area contributed by atoms with E-state index in [1.807, 2.05) is 0 Å². The molecule has 0 aliphatic heterocycles. The third kappa shape index (κ3) is 3.25. The summed E-state index contributed by atoms with van der Waals surface area (Å²) in [6.07, 6.45) is 4.40. The van der Waals surface area contributed by atoms with Crippen LogP contribution in [0.5, 0.6) is 0 Å². The first-order valence-corrected chi connectivity index (χ1v) is 5.42. The van der Waals surface area contributed by atoms with Gasteiger partial charge < -0.3 is 11.5 Å². The number of hydrogen-bond donors (Lipinski definition) is 3. The molecule has 0 atom stereocenters. The van der Waals surface area contributed by atoms with Crippen molar-refractivity contribution in [2.24, 2.45) is 5.10 Å². The second-order valence-electron chi connectivity index (χ2n) is 3.66. The average molecular weight is 256 g/mol. The molecule has 7 heteroatoms. The molecule has 1 aromatic heterocycles. The molecule has 2 rings (SSSR count). The maximum absolute atomic E-state index is 11.8. The van der Waals surface area contributed by atoms with Gasteiger partial charge in [-0.05, 0) is 12.1 Å². The van der Waals surface area contributed by atoms with Crippen molar-refractivity contribution in [3.63, 3.8) is 0 Å². The molecule has 1 heterocycles. The first-order chi connectivity index (χ1) is 9.16. The van der Waals surface area contributed by atoms with Gasteiger partial charge in [0.2, 0.25) is 5.95 Å². The minimum absolute atomic E-state index is 0.179. The van der Waals surface area contributed by atoms with E-state index in [2.05, 4.69) is 20.5 Å². The van der Waals surface area contributed by atoms with E-state index in [0.717, 1.165) is 0 Å². The summed E-state index contributed by atoms with van der Waals surface area (Å²) in [6, 6.07) is 6.74. The number of rotatable bonds is 3. The second-order valence-corrected chi connectivity index (χ2v) is 3.66. The number of benzene rings is 1. The summed E-state index contributed by atoms with van der Waals surface area (Å²) in [6.45, 7) is 0. The number of amides is 1. The molecule has 0 bridgehead atoms. The second kappa shape index (κ2) is 5.58. The lowest BCUT2D eigenvalue weighted by Crippen LogP contribution is -2.19. The summed E-state index contributed by atoms with van der Waals surface area (Å²) < 4.78 is 0. The van der Waals surface area contributed by atoms with Crippen molar-refractivity contribution >= 4 is 23.8 Å². The summed E-state index contributed by atoms with van der Waals surface area (Å²) in [7, 11) is 0. The summed E-state index contributed by atoms with van der Waals surface area (Å²) in [5.74, 6) is -0.205. The Kier molecular flexibility index (Phi) is 3.67. The smallest absolute Gasteiger partial charge is 0.273 e. The molecule has 19 heavy (non-hydrogen) atoms. The van der Waals surface area contributed by atoms with E-state index in [1.165, 1.54) is 18.6 Å². The Bertz CT molecular complexity index is 608. The highest BCUT2D eigenvalue weighted by Gasteiger charge is 2.06. The minimum atomic E-state index is -0.384. The molecular formula is C12H12N6O. The van der Waals surface area contributed by atoms with Gasteiger partial charge in [0.05, 0.1) is 11.8 Å². The van der Waals surface area contributed by atoms with Crippen LogP contribution >= 0.6 is 0 Å². The lowest BCUT2D eigenvalue weighted by Gasteiger charge is -2.02. The Hall–Kier alpha value is -2.96. The number of nitrogens with zero attached hydrogens (tertiary/aromatic N) is 3. The Morgan fingerprint density at radius 2 is 1.89 bits per heavy atom. The molecule has 96 valence electrons. The fraction of sp³-hybridized carbons (Fsp3) is 0. The molecule has 0 saturated carbocycles. The predicted molar refractivity (Wildman–Crippen MR) is 72.4 cm³/mol. The summed E-state index contributed by atoms with van der Waals surface area (Å²) in [5, 5.41) is 3.79. The Labute approximate surface area is 109 Å². The zero-order valence-corrected chi connectivity index (χ0v) is 9.95. The van der Waals surface area contributed by atoms with Crippen LogP contribution in [-0.2, 0) is 0 Å². The van der Waals surface area contributed by atoms with Crippen molar-refractivity contribution < 1.29 is 4.79 Å². The molecule has 0 radical (unpaired) electrons. The van der Waals surface area contributed by atoms with Crippen molar-refractivity contribution in [1.82, 2.24) is 15.4 Å². The molecule has 1 aromatic carbocycles. The molecule has 7 nitrogen and oxygen atoms in total. The van der Waals surface area contributed by atoms with E-state index in [1.54, 1.807) is 24.3 Å². The van der Waals surface area contributed by atoms with Gasteiger partial charge in [0.15, 0.2) is 0 Å². The van der Waals surface area contributed by atoms with Crippen LogP contribution in [-0.4, -0.2) is 22.1 Å². The fourth-order valence-electron chi connectivity index (χ4n) is 1.34. The van der Waals surface area contributed by atoms with Gasteiger partial charge in [-0.1, -0.05) is 12.1 Å². The molecule has 5 N–H and O–H groups in total. The van der Waals surface area contributed by atoms with E-state index >= 15 is 0 Å². The highest BCUT2D eigenvalue weighted by atomic mass is 16.2. The molecule has 1 amide bonds. The maximum atomic E-state index is 11.8. The third-order valence-corrected chi connectivity index (χ3v) is 2.28. The van der Waals surface area contributed by atoms with Gasteiger partial charge in [-0.15, -0.1) is 0 Å². The third-order valence-electron chi connectivity index (χ3n) is 2.28. The molecule has 0 spiro atoms. The van der Waals surface area contributed by atoms with Gasteiger partial charge in [-0.3, -0.25) is 4.79 Å². The zero-order valence-electron chi connectivity index (χ0n) is 9.95. The monoisotopic (exact) mass is 256 g/mol. The maximum Gasteiger partial charge on any atom is 0.273 e. The van der Waals surface area contributed by atoms with Gasteiger partial charge in [-0.25, -0.2) is 15.4 Å². The van der Waals surface area contributed by atoms with Gasteiger partial charge in [0.1, 0.15) is 0 Å². The minimum Gasteiger partial charge on any atom is -0.398 e. The highest BCUT2D eigenvalue weighted by Crippen LogP contribution is 2.09. The van der Waals surface area contributed by atoms with Crippen LogP contribution < -0.4 is 16.9 Å². The van der Waals surface area contributed by atoms with E-state index < -0.39 is 0 Å². The van der Waals surface area contributed by atoms with Gasteiger partial charge >= 0.3 is 0 Å². The van der Waals surface area contributed by atoms with Gasteiger partial charge in [0, 0.05) is 23.6 Å². The van der Waals surface area contributed by atoms with Crippen molar-refractivity contribution in [3.8, 4) is 0 Å². The number of para-hydroxylation sites is 1. The number of nitrogen functional groups attached to an aromatic ring is 2. The van der Waals surface area contributed by atoms with Crippen molar-refractivity contribution in [1.29, 1.82) is 0 Å². The zero-order chi connectivity index (χ0) is 13.7.